The predicted octanol–water partition coefficient (Wildman–Crippen LogP) is 3.11. The molecule has 0 spiro atoms. The third kappa shape index (κ3) is 1.78. The molecule has 0 aliphatic rings. The largest absolute Gasteiger partial charge is 0.323 e. The highest BCUT2D eigenvalue weighted by molar-refractivity contribution is 5.78. The van der Waals surface area contributed by atoms with Gasteiger partial charge in [-0.25, -0.2) is 9.37 Å². The molecular formula is C13H14FN3. The second-order valence-electron chi connectivity index (χ2n) is 5.10. The fourth-order valence-corrected chi connectivity index (χ4v) is 2.16. The van der Waals surface area contributed by atoms with Gasteiger partial charge in [-0.2, -0.15) is 5.26 Å². The van der Waals surface area contributed by atoms with Crippen LogP contribution in [0.15, 0.2) is 12.1 Å². The molecule has 1 aromatic heterocycles. The number of hydrogen-bond donors (Lipinski definition) is 0. The fraction of sp³-hybridized carbons (Fsp3) is 0.385. The number of aromatic nitrogens is 2. The lowest BCUT2D eigenvalue weighted by Gasteiger charge is -2.23. The summed E-state index contributed by atoms with van der Waals surface area (Å²) >= 11 is 0. The zero-order valence-corrected chi connectivity index (χ0v) is 10.4. The predicted molar refractivity (Wildman–Crippen MR) is 64.1 cm³/mol. The molecule has 88 valence electrons. The molecular weight excluding hydrogens is 217 g/mol. The summed E-state index contributed by atoms with van der Waals surface area (Å²) in [5, 5.41) is 8.88. The molecule has 0 unspecified atom stereocenters. The summed E-state index contributed by atoms with van der Waals surface area (Å²) < 4.78 is 15.7. The lowest BCUT2D eigenvalue weighted by Crippen LogP contribution is -2.22. The molecule has 0 radical (unpaired) electrons. The maximum absolute atomic E-state index is 13.8. The van der Waals surface area contributed by atoms with Gasteiger partial charge in [-0.15, -0.1) is 0 Å². The standard InChI is InChI=1S/C13H14FN3/c1-8-16-12-10(14)5-9(7-15)6-11(12)17(8)13(2,3)4/h5-6H,1-4H3. The average Bonchev–Trinajstić information content (AvgIpc) is 2.54. The molecule has 0 amide bonds. The summed E-state index contributed by atoms with van der Waals surface area (Å²) in [5.74, 6) is 0.312. The van der Waals surface area contributed by atoms with Crippen LogP contribution in [-0.4, -0.2) is 9.55 Å². The molecule has 0 fully saturated rings. The van der Waals surface area contributed by atoms with Gasteiger partial charge in [-0.3, -0.25) is 0 Å². The minimum atomic E-state index is -0.440. The Bertz CT molecular complexity index is 627. The van der Waals surface area contributed by atoms with E-state index in [4.69, 9.17) is 5.26 Å². The zero-order chi connectivity index (χ0) is 12.8. The molecule has 1 heterocycles. The van der Waals surface area contributed by atoms with Gasteiger partial charge in [-0.1, -0.05) is 0 Å². The van der Waals surface area contributed by atoms with E-state index in [2.05, 4.69) is 4.98 Å². The Morgan fingerprint density at radius 2 is 2.00 bits per heavy atom. The lowest BCUT2D eigenvalue weighted by atomic mass is 10.1. The minimum absolute atomic E-state index is 0.195. The first-order chi connectivity index (χ1) is 7.84. The Labute approximate surface area is 99.5 Å². The summed E-state index contributed by atoms with van der Waals surface area (Å²) in [7, 11) is 0. The topological polar surface area (TPSA) is 41.6 Å². The van der Waals surface area contributed by atoms with Crippen LogP contribution in [0.4, 0.5) is 4.39 Å². The summed E-state index contributed by atoms with van der Waals surface area (Å²) in [6, 6.07) is 4.87. The monoisotopic (exact) mass is 231 g/mol. The molecule has 0 atom stereocenters. The van der Waals surface area contributed by atoms with E-state index in [0.717, 1.165) is 5.82 Å². The van der Waals surface area contributed by atoms with E-state index in [-0.39, 0.29) is 5.54 Å². The highest BCUT2D eigenvalue weighted by Gasteiger charge is 2.21. The second-order valence-corrected chi connectivity index (χ2v) is 5.10. The molecule has 1 aromatic carbocycles. The van der Waals surface area contributed by atoms with Crippen LogP contribution >= 0.6 is 0 Å². The first kappa shape index (κ1) is 11.6. The maximum atomic E-state index is 13.8. The smallest absolute Gasteiger partial charge is 0.152 e. The first-order valence-corrected chi connectivity index (χ1v) is 5.44. The number of rotatable bonds is 0. The van der Waals surface area contributed by atoms with Crippen LogP contribution in [0.3, 0.4) is 0 Å². The van der Waals surface area contributed by atoms with Crippen LogP contribution in [-0.2, 0) is 5.54 Å². The Morgan fingerprint density at radius 3 is 2.53 bits per heavy atom. The van der Waals surface area contributed by atoms with Crippen LogP contribution in [0.25, 0.3) is 11.0 Å². The number of imidazole rings is 1. The van der Waals surface area contributed by atoms with Gasteiger partial charge in [0.15, 0.2) is 5.82 Å². The fourth-order valence-electron chi connectivity index (χ4n) is 2.16. The van der Waals surface area contributed by atoms with Gasteiger partial charge in [0.05, 0.1) is 17.1 Å². The van der Waals surface area contributed by atoms with Gasteiger partial charge >= 0.3 is 0 Å². The van der Waals surface area contributed by atoms with Crippen LogP contribution in [0, 0.1) is 24.1 Å². The van der Waals surface area contributed by atoms with Crippen molar-refractivity contribution in [1.29, 1.82) is 5.26 Å². The highest BCUT2D eigenvalue weighted by Crippen LogP contribution is 2.27. The molecule has 0 saturated heterocycles. The van der Waals surface area contributed by atoms with E-state index in [0.29, 0.717) is 16.6 Å². The third-order valence-electron chi connectivity index (χ3n) is 2.68. The summed E-state index contributed by atoms with van der Waals surface area (Å²) in [6.07, 6.45) is 0. The summed E-state index contributed by atoms with van der Waals surface area (Å²) in [4.78, 5) is 4.23. The van der Waals surface area contributed by atoms with Crippen molar-refractivity contribution in [3.8, 4) is 6.07 Å². The number of halogens is 1. The van der Waals surface area contributed by atoms with E-state index < -0.39 is 5.82 Å². The number of aryl methyl sites for hydroxylation is 1. The van der Waals surface area contributed by atoms with E-state index in [1.54, 1.807) is 6.07 Å². The van der Waals surface area contributed by atoms with Crippen LogP contribution in [0.5, 0.6) is 0 Å². The van der Waals surface area contributed by atoms with Crippen LogP contribution in [0.1, 0.15) is 32.2 Å². The Hall–Kier alpha value is -1.89. The molecule has 0 bridgehead atoms. The van der Waals surface area contributed by atoms with E-state index >= 15 is 0 Å². The number of fused-ring (bicyclic) bond motifs is 1. The summed E-state index contributed by atoms with van der Waals surface area (Å²) in [6.45, 7) is 7.92. The van der Waals surface area contributed by atoms with Crippen molar-refractivity contribution in [3.63, 3.8) is 0 Å². The van der Waals surface area contributed by atoms with Crippen molar-refractivity contribution in [2.45, 2.75) is 33.2 Å². The summed E-state index contributed by atoms with van der Waals surface area (Å²) in [5.41, 5.74) is 1.13. The van der Waals surface area contributed by atoms with E-state index in [9.17, 15) is 4.39 Å². The van der Waals surface area contributed by atoms with Gasteiger partial charge in [0.2, 0.25) is 0 Å². The number of hydrogen-bond acceptors (Lipinski definition) is 2. The Kier molecular flexibility index (Phi) is 2.43. The maximum Gasteiger partial charge on any atom is 0.152 e. The van der Waals surface area contributed by atoms with Crippen molar-refractivity contribution >= 4 is 11.0 Å². The molecule has 0 N–H and O–H groups in total. The number of benzene rings is 1. The SMILES string of the molecule is Cc1nc2c(F)cc(C#N)cc2n1C(C)(C)C. The first-order valence-electron chi connectivity index (χ1n) is 5.44. The van der Waals surface area contributed by atoms with Crippen molar-refractivity contribution in [2.75, 3.05) is 0 Å². The molecule has 0 saturated carbocycles. The molecule has 2 rings (SSSR count). The zero-order valence-electron chi connectivity index (χ0n) is 10.4. The minimum Gasteiger partial charge on any atom is -0.323 e. The van der Waals surface area contributed by atoms with Crippen LogP contribution < -0.4 is 0 Å². The van der Waals surface area contributed by atoms with Crippen molar-refractivity contribution in [1.82, 2.24) is 9.55 Å². The van der Waals surface area contributed by atoms with E-state index in [1.807, 2.05) is 38.3 Å². The Balaban J connectivity index is 2.91. The molecule has 17 heavy (non-hydrogen) atoms. The molecule has 4 heteroatoms. The highest BCUT2D eigenvalue weighted by atomic mass is 19.1. The van der Waals surface area contributed by atoms with Crippen molar-refractivity contribution < 1.29 is 4.39 Å². The number of nitriles is 1. The van der Waals surface area contributed by atoms with Crippen LogP contribution in [0.2, 0.25) is 0 Å². The molecule has 0 aliphatic carbocycles. The van der Waals surface area contributed by atoms with E-state index in [1.165, 1.54) is 6.07 Å². The number of nitrogens with zero attached hydrogens (tertiary/aromatic N) is 3. The quantitative estimate of drug-likeness (QED) is 0.699. The molecule has 0 aliphatic heterocycles. The van der Waals surface area contributed by atoms with Gasteiger partial charge in [-0.05, 0) is 39.8 Å². The molecule has 3 nitrogen and oxygen atoms in total. The Morgan fingerprint density at radius 1 is 1.35 bits per heavy atom. The van der Waals surface area contributed by atoms with Gasteiger partial charge in [0.1, 0.15) is 11.3 Å². The van der Waals surface area contributed by atoms with Gasteiger partial charge in [0.25, 0.3) is 0 Å². The third-order valence-corrected chi connectivity index (χ3v) is 2.68. The normalized spacial score (nSPS) is 11.8. The second kappa shape index (κ2) is 3.56. The van der Waals surface area contributed by atoms with Gasteiger partial charge < -0.3 is 4.57 Å². The molecule has 2 aromatic rings. The van der Waals surface area contributed by atoms with Gasteiger partial charge in [0, 0.05) is 5.54 Å². The van der Waals surface area contributed by atoms with Crippen molar-refractivity contribution in [2.24, 2.45) is 0 Å². The average molecular weight is 231 g/mol. The van der Waals surface area contributed by atoms with Crippen molar-refractivity contribution in [3.05, 3.63) is 29.3 Å². The lowest BCUT2D eigenvalue weighted by molar-refractivity contribution is 0.399.